The summed E-state index contributed by atoms with van der Waals surface area (Å²) in [7, 11) is 0. The Labute approximate surface area is 139 Å². The van der Waals surface area contributed by atoms with E-state index < -0.39 is 0 Å². The molecule has 4 heteroatoms. The van der Waals surface area contributed by atoms with Gasteiger partial charge >= 0.3 is 0 Å². The number of amides is 1. The van der Waals surface area contributed by atoms with Crippen LogP contribution in [0.15, 0.2) is 24.3 Å². The highest BCUT2D eigenvalue weighted by Crippen LogP contribution is 2.23. The number of rotatable bonds is 5. The average molecular weight is 316 g/mol. The van der Waals surface area contributed by atoms with Gasteiger partial charge in [-0.3, -0.25) is 9.69 Å². The van der Waals surface area contributed by atoms with Gasteiger partial charge in [-0.2, -0.15) is 0 Å². The first-order chi connectivity index (χ1) is 11.3. The molecule has 2 saturated heterocycles. The molecule has 0 saturated carbocycles. The molecule has 0 radical (unpaired) electrons. The van der Waals surface area contributed by atoms with Gasteiger partial charge in [-0.25, -0.2) is 0 Å². The molecule has 0 spiro atoms. The molecule has 126 valence electrons. The molecule has 1 aromatic rings. The summed E-state index contributed by atoms with van der Waals surface area (Å²) < 4.78 is 5.48. The Morgan fingerprint density at radius 2 is 1.74 bits per heavy atom. The predicted octanol–water partition coefficient (Wildman–Crippen LogP) is 2.92. The van der Waals surface area contributed by atoms with Gasteiger partial charge in [-0.05, 0) is 63.4 Å². The summed E-state index contributed by atoms with van der Waals surface area (Å²) in [5.41, 5.74) is 1.32. The van der Waals surface area contributed by atoms with E-state index in [9.17, 15) is 4.79 Å². The van der Waals surface area contributed by atoms with Gasteiger partial charge in [0.1, 0.15) is 5.75 Å². The molecule has 2 aliphatic rings. The van der Waals surface area contributed by atoms with Crippen molar-refractivity contribution in [1.82, 2.24) is 9.80 Å². The summed E-state index contributed by atoms with van der Waals surface area (Å²) in [4.78, 5) is 17.0. The molecule has 0 N–H and O–H groups in total. The highest BCUT2D eigenvalue weighted by Gasteiger charge is 2.29. The van der Waals surface area contributed by atoms with Crippen molar-refractivity contribution in [3.05, 3.63) is 29.8 Å². The van der Waals surface area contributed by atoms with Crippen molar-refractivity contribution in [1.29, 1.82) is 0 Å². The lowest BCUT2D eigenvalue weighted by Crippen LogP contribution is -2.41. The highest BCUT2D eigenvalue weighted by molar-refractivity contribution is 5.79. The minimum Gasteiger partial charge on any atom is -0.494 e. The second kappa shape index (κ2) is 7.82. The molecule has 2 fully saturated rings. The maximum absolute atomic E-state index is 12.5. The third kappa shape index (κ3) is 4.25. The Hall–Kier alpha value is -1.55. The van der Waals surface area contributed by atoms with Crippen LogP contribution in [0.5, 0.6) is 5.75 Å². The molecule has 1 aromatic carbocycles. The fourth-order valence-electron chi connectivity index (χ4n) is 3.65. The minimum atomic E-state index is 0.254. The van der Waals surface area contributed by atoms with Crippen LogP contribution in [0.3, 0.4) is 0 Å². The van der Waals surface area contributed by atoms with Crippen LogP contribution in [0, 0.1) is 5.92 Å². The number of carbonyl (C=O) groups excluding carboxylic acids is 1. The van der Waals surface area contributed by atoms with Crippen LogP contribution in [0.1, 0.15) is 38.2 Å². The second-order valence-corrected chi connectivity index (χ2v) is 6.66. The second-order valence-electron chi connectivity index (χ2n) is 6.66. The molecule has 0 unspecified atom stereocenters. The van der Waals surface area contributed by atoms with Gasteiger partial charge in [0.2, 0.25) is 5.91 Å². The summed E-state index contributed by atoms with van der Waals surface area (Å²) in [6.45, 7) is 7.68. The fourth-order valence-corrected chi connectivity index (χ4v) is 3.65. The zero-order valence-electron chi connectivity index (χ0n) is 14.2. The van der Waals surface area contributed by atoms with E-state index in [0.717, 1.165) is 51.3 Å². The monoisotopic (exact) mass is 316 g/mol. The third-order valence-electron chi connectivity index (χ3n) is 5.00. The Kier molecular flexibility index (Phi) is 5.55. The van der Waals surface area contributed by atoms with Gasteiger partial charge in [0.25, 0.3) is 0 Å². The number of piperidine rings is 1. The van der Waals surface area contributed by atoms with E-state index in [4.69, 9.17) is 4.74 Å². The first kappa shape index (κ1) is 16.3. The number of hydrogen-bond donors (Lipinski definition) is 0. The Balaban J connectivity index is 1.46. The van der Waals surface area contributed by atoms with Gasteiger partial charge in [-0.15, -0.1) is 0 Å². The number of benzene rings is 1. The quantitative estimate of drug-likeness (QED) is 0.837. The van der Waals surface area contributed by atoms with Crippen LogP contribution in [0.25, 0.3) is 0 Å². The predicted molar refractivity (Wildman–Crippen MR) is 91.4 cm³/mol. The normalized spacial score (nSPS) is 20.0. The van der Waals surface area contributed by atoms with Crippen molar-refractivity contribution in [3.8, 4) is 5.75 Å². The summed E-state index contributed by atoms with van der Waals surface area (Å²) >= 11 is 0. The van der Waals surface area contributed by atoms with Crippen molar-refractivity contribution in [3.63, 3.8) is 0 Å². The number of hydrogen-bond acceptors (Lipinski definition) is 3. The van der Waals surface area contributed by atoms with E-state index in [1.165, 1.54) is 18.4 Å². The molecule has 0 aliphatic carbocycles. The molecule has 2 heterocycles. The van der Waals surface area contributed by atoms with E-state index in [1.54, 1.807) is 0 Å². The molecule has 2 aliphatic heterocycles. The van der Waals surface area contributed by atoms with E-state index in [2.05, 4.69) is 21.9 Å². The standard InChI is InChI=1S/C19H28N2O2/c1-2-23-18-7-5-16(6-8-18)15-20-13-9-17(10-14-20)19(22)21-11-3-4-12-21/h5-8,17H,2-4,9-15H2,1H3. The largest absolute Gasteiger partial charge is 0.494 e. The fraction of sp³-hybridized carbons (Fsp3) is 0.632. The number of ether oxygens (including phenoxy) is 1. The first-order valence-electron chi connectivity index (χ1n) is 8.99. The lowest BCUT2D eigenvalue weighted by atomic mass is 9.95. The van der Waals surface area contributed by atoms with E-state index >= 15 is 0 Å². The van der Waals surface area contributed by atoms with Crippen molar-refractivity contribution in [2.75, 3.05) is 32.8 Å². The summed E-state index contributed by atoms with van der Waals surface area (Å²) in [6, 6.07) is 8.38. The molecule has 0 bridgehead atoms. The number of carbonyl (C=O) groups is 1. The van der Waals surface area contributed by atoms with Gasteiger partial charge in [-0.1, -0.05) is 12.1 Å². The topological polar surface area (TPSA) is 32.8 Å². The Morgan fingerprint density at radius 3 is 2.35 bits per heavy atom. The molecule has 1 amide bonds. The number of nitrogens with zero attached hydrogens (tertiary/aromatic N) is 2. The molecule has 0 atom stereocenters. The molecular formula is C19H28N2O2. The van der Waals surface area contributed by atoms with Crippen molar-refractivity contribution >= 4 is 5.91 Å². The summed E-state index contributed by atoms with van der Waals surface area (Å²) in [5.74, 6) is 1.60. The van der Waals surface area contributed by atoms with Crippen LogP contribution < -0.4 is 4.74 Å². The van der Waals surface area contributed by atoms with Crippen molar-refractivity contribution < 1.29 is 9.53 Å². The van der Waals surface area contributed by atoms with E-state index in [1.807, 2.05) is 19.1 Å². The maximum Gasteiger partial charge on any atom is 0.225 e. The van der Waals surface area contributed by atoms with E-state index in [0.29, 0.717) is 12.5 Å². The first-order valence-corrected chi connectivity index (χ1v) is 8.99. The van der Waals surface area contributed by atoms with E-state index in [-0.39, 0.29) is 5.92 Å². The van der Waals surface area contributed by atoms with Crippen LogP contribution in [0.2, 0.25) is 0 Å². The maximum atomic E-state index is 12.5. The van der Waals surface area contributed by atoms with Crippen LogP contribution >= 0.6 is 0 Å². The molecule has 3 rings (SSSR count). The minimum absolute atomic E-state index is 0.254. The molecular weight excluding hydrogens is 288 g/mol. The van der Waals surface area contributed by atoms with Gasteiger partial charge < -0.3 is 9.64 Å². The Bertz CT molecular complexity index is 501. The summed E-state index contributed by atoms with van der Waals surface area (Å²) in [5, 5.41) is 0. The molecule has 4 nitrogen and oxygen atoms in total. The molecule has 0 aromatic heterocycles. The van der Waals surface area contributed by atoms with Gasteiger partial charge in [0, 0.05) is 25.6 Å². The lowest BCUT2D eigenvalue weighted by Gasteiger charge is -2.33. The van der Waals surface area contributed by atoms with Gasteiger partial charge in [0.15, 0.2) is 0 Å². The SMILES string of the molecule is CCOc1ccc(CN2CCC(C(=O)N3CCCC3)CC2)cc1. The van der Waals surface area contributed by atoms with Crippen molar-refractivity contribution in [2.45, 2.75) is 39.2 Å². The third-order valence-corrected chi connectivity index (χ3v) is 5.00. The smallest absolute Gasteiger partial charge is 0.225 e. The van der Waals surface area contributed by atoms with Crippen LogP contribution in [-0.2, 0) is 11.3 Å². The summed E-state index contributed by atoms with van der Waals surface area (Å²) in [6.07, 6.45) is 4.38. The average Bonchev–Trinajstić information content (AvgIpc) is 3.11. The van der Waals surface area contributed by atoms with Crippen molar-refractivity contribution in [2.24, 2.45) is 5.92 Å². The lowest BCUT2D eigenvalue weighted by molar-refractivity contribution is -0.136. The molecule has 23 heavy (non-hydrogen) atoms. The Morgan fingerprint density at radius 1 is 1.09 bits per heavy atom. The number of likely N-dealkylation sites (tertiary alicyclic amines) is 2. The zero-order valence-corrected chi connectivity index (χ0v) is 14.2. The van der Waals surface area contributed by atoms with Crippen LogP contribution in [0.4, 0.5) is 0 Å². The highest BCUT2D eigenvalue weighted by atomic mass is 16.5. The zero-order chi connectivity index (χ0) is 16.1. The van der Waals surface area contributed by atoms with Crippen LogP contribution in [-0.4, -0.2) is 48.5 Å². The van der Waals surface area contributed by atoms with Gasteiger partial charge in [0.05, 0.1) is 6.61 Å².